The van der Waals surface area contributed by atoms with Gasteiger partial charge in [0.15, 0.2) is 0 Å². The number of carbonyl (C=O) groups is 1. The maximum atomic E-state index is 10.8. The van der Waals surface area contributed by atoms with Crippen LogP contribution in [0.1, 0.15) is 60.8 Å². The summed E-state index contributed by atoms with van der Waals surface area (Å²) in [4.78, 5) is 10.8. The van der Waals surface area contributed by atoms with E-state index in [0.29, 0.717) is 11.7 Å². The molecule has 13 heavy (non-hydrogen) atoms. The van der Waals surface area contributed by atoms with Crippen LogP contribution in [0.15, 0.2) is 0 Å². The highest BCUT2D eigenvalue weighted by molar-refractivity contribution is 5.79. The smallest absolute Gasteiger partial charge is 0.133 e. The van der Waals surface area contributed by atoms with Crippen LogP contribution in [0.25, 0.3) is 0 Å². The zero-order valence-corrected chi connectivity index (χ0v) is 10.2. The standard InChI is InChI=1S/C8H14O.2C2H6/c1-6-3-4-8(9)5-7(6)2;2*1-2/h6-7H,3-5H2,1-2H3;2*1-2H3. The van der Waals surface area contributed by atoms with E-state index in [-0.39, 0.29) is 0 Å². The van der Waals surface area contributed by atoms with Crippen molar-refractivity contribution in [2.75, 3.05) is 0 Å². The first kappa shape index (κ1) is 15.2. The molecule has 0 spiro atoms. The van der Waals surface area contributed by atoms with Crippen molar-refractivity contribution < 1.29 is 4.79 Å². The molecular weight excluding hydrogens is 160 g/mol. The van der Waals surface area contributed by atoms with Crippen LogP contribution in [0.3, 0.4) is 0 Å². The molecule has 1 aliphatic rings. The third kappa shape index (κ3) is 6.80. The molecule has 0 aromatic carbocycles. The Morgan fingerprint density at radius 2 is 1.46 bits per heavy atom. The maximum absolute atomic E-state index is 10.8. The minimum atomic E-state index is 0.459. The molecule has 0 radical (unpaired) electrons. The van der Waals surface area contributed by atoms with E-state index in [9.17, 15) is 4.79 Å². The van der Waals surface area contributed by atoms with Crippen molar-refractivity contribution in [1.82, 2.24) is 0 Å². The van der Waals surface area contributed by atoms with Crippen molar-refractivity contribution in [3.05, 3.63) is 0 Å². The zero-order chi connectivity index (χ0) is 10.9. The number of hydrogen-bond donors (Lipinski definition) is 0. The van der Waals surface area contributed by atoms with Gasteiger partial charge in [-0.1, -0.05) is 41.5 Å². The fraction of sp³-hybridized carbons (Fsp3) is 0.917. The summed E-state index contributed by atoms with van der Waals surface area (Å²) < 4.78 is 0. The largest absolute Gasteiger partial charge is 0.300 e. The third-order valence-electron chi connectivity index (χ3n) is 2.40. The lowest BCUT2D eigenvalue weighted by molar-refractivity contribution is -0.122. The number of rotatable bonds is 0. The highest BCUT2D eigenvalue weighted by Gasteiger charge is 2.21. The van der Waals surface area contributed by atoms with Crippen molar-refractivity contribution in [1.29, 1.82) is 0 Å². The summed E-state index contributed by atoms with van der Waals surface area (Å²) in [7, 11) is 0. The predicted molar refractivity (Wildman–Crippen MR) is 59.9 cm³/mol. The lowest BCUT2D eigenvalue weighted by Crippen LogP contribution is -2.19. The van der Waals surface area contributed by atoms with E-state index in [1.807, 2.05) is 27.7 Å². The van der Waals surface area contributed by atoms with Crippen LogP contribution in [0.5, 0.6) is 0 Å². The van der Waals surface area contributed by atoms with Crippen LogP contribution in [0.2, 0.25) is 0 Å². The SMILES string of the molecule is CC.CC.CC1CCC(=O)CC1C. The monoisotopic (exact) mass is 186 g/mol. The number of Topliss-reactive ketones (excluding diaryl/α,β-unsaturated/α-hetero) is 1. The van der Waals surface area contributed by atoms with Crippen LogP contribution in [-0.4, -0.2) is 5.78 Å². The average molecular weight is 186 g/mol. The van der Waals surface area contributed by atoms with Gasteiger partial charge in [0.2, 0.25) is 0 Å². The van der Waals surface area contributed by atoms with Gasteiger partial charge in [0.05, 0.1) is 0 Å². The molecule has 0 aromatic heterocycles. The highest BCUT2D eigenvalue weighted by Crippen LogP contribution is 2.26. The first-order valence-corrected chi connectivity index (χ1v) is 5.72. The normalized spacial score (nSPS) is 26.5. The lowest BCUT2D eigenvalue weighted by Gasteiger charge is -2.23. The molecule has 0 bridgehead atoms. The van der Waals surface area contributed by atoms with Gasteiger partial charge in [0, 0.05) is 12.8 Å². The predicted octanol–water partition coefficient (Wildman–Crippen LogP) is 4.06. The Morgan fingerprint density at radius 3 is 1.77 bits per heavy atom. The number of hydrogen-bond acceptors (Lipinski definition) is 1. The lowest BCUT2D eigenvalue weighted by atomic mass is 9.81. The summed E-state index contributed by atoms with van der Waals surface area (Å²) in [6.07, 6.45) is 2.76. The first-order valence-electron chi connectivity index (χ1n) is 5.72. The molecule has 0 saturated heterocycles. The third-order valence-corrected chi connectivity index (χ3v) is 2.40. The maximum Gasteiger partial charge on any atom is 0.133 e. The van der Waals surface area contributed by atoms with E-state index < -0.39 is 0 Å². The molecule has 80 valence electrons. The Bertz CT molecular complexity index is 118. The molecule has 0 aliphatic heterocycles. The fourth-order valence-corrected chi connectivity index (χ4v) is 1.34. The Labute approximate surface area is 83.9 Å². The molecule has 2 atom stereocenters. The Balaban J connectivity index is 0. The van der Waals surface area contributed by atoms with Gasteiger partial charge in [-0.2, -0.15) is 0 Å². The van der Waals surface area contributed by atoms with Crippen LogP contribution in [0.4, 0.5) is 0 Å². The summed E-state index contributed by atoms with van der Waals surface area (Å²) in [5.41, 5.74) is 0. The molecule has 0 N–H and O–H groups in total. The molecule has 2 unspecified atom stereocenters. The van der Waals surface area contributed by atoms with Gasteiger partial charge < -0.3 is 0 Å². The van der Waals surface area contributed by atoms with Crippen molar-refractivity contribution in [3.63, 3.8) is 0 Å². The number of carbonyl (C=O) groups excluding carboxylic acids is 1. The van der Waals surface area contributed by atoms with E-state index in [4.69, 9.17) is 0 Å². The second-order valence-corrected chi connectivity index (χ2v) is 3.24. The minimum absolute atomic E-state index is 0.459. The average Bonchev–Trinajstić information content (AvgIpc) is 2.18. The quantitative estimate of drug-likeness (QED) is 0.557. The summed E-state index contributed by atoms with van der Waals surface area (Å²) in [5.74, 6) is 1.86. The van der Waals surface area contributed by atoms with Crippen LogP contribution >= 0.6 is 0 Å². The van der Waals surface area contributed by atoms with E-state index in [1.165, 1.54) is 0 Å². The van der Waals surface area contributed by atoms with Crippen LogP contribution in [0, 0.1) is 11.8 Å². The molecule has 0 aromatic rings. The Morgan fingerprint density at radius 1 is 1.00 bits per heavy atom. The zero-order valence-electron chi connectivity index (χ0n) is 10.2. The molecule has 0 amide bonds. The molecular formula is C12H26O. The fourth-order valence-electron chi connectivity index (χ4n) is 1.34. The highest BCUT2D eigenvalue weighted by atomic mass is 16.1. The van der Waals surface area contributed by atoms with Gasteiger partial charge in [0.25, 0.3) is 0 Å². The summed E-state index contributed by atoms with van der Waals surface area (Å²) in [6, 6.07) is 0. The van der Waals surface area contributed by atoms with Crippen molar-refractivity contribution >= 4 is 5.78 Å². The molecule has 1 saturated carbocycles. The minimum Gasteiger partial charge on any atom is -0.300 e. The molecule has 0 heterocycles. The van der Waals surface area contributed by atoms with Crippen molar-refractivity contribution in [2.45, 2.75) is 60.8 Å². The van der Waals surface area contributed by atoms with Gasteiger partial charge in [-0.15, -0.1) is 0 Å². The molecule has 1 fully saturated rings. The second-order valence-electron chi connectivity index (χ2n) is 3.24. The van der Waals surface area contributed by atoms with Gasteiger partial charge in [-0.3, -0.25) is 4.79 Å². The molecule has 1 nitrogen and oxygen atoms in total. The van der Waals surface area contributed by atoms with Crippen LogP contribution in [-0.2, 0) is 4.79 Å². The van der Waals surface area contributed by atoms with Gasteiger partial charge in [-0.05, 0) is 18.3 Å². The summed E-state index contributed by atoms with van der Waals surface area (Å²) in [5, 5.41) is 0. The van der Waals surface area contributed by atoms with Crippen molar-refractivity contribution in [2.24, 2.45) is 11.8 Å². The van der Waals surface area contributed by atoms with Gasteiger partial charge >= 0.3 is 0 Å². The van der Waals surface area contributed by atoms with E-state index in [1.54, 1.807) is 0 Å². The molecule has 1 aliphatic carbocycles. The Hall–Kier alpha value is -0.330. The van der Waals surface area contributed by atoms with Gasteiger partial charge in [-0.25, -0.2) is 0 Å². The second kappa shape index (κ2) is 9.76. The van der Waals surface area contributed by atoms with Crippen molar-refractivity contribution in [3.8, 4) is 0 Å². The van der Waals surface area contributed by atoms with E-state index in [2.05, 4.69) is 13.8 Å². The first-order chi connectivity index (χ1) is 6.20. The van der Waals surface area contributed by atoms with Gasteiger partial charge in [0.1, 0.15) is 5.78 Å². The van der Waals surface area contributed by atoms with Crippen LogP contribution < -0.4 is 0 Å². The summed E-state index contributed by atoms with van der Waals surface area (Å²) >= 11 is 0. The molecule has 1 heteroatoms. The summed E-state index contributed by atoms with van der Waals surface area (Å²) in [6.45, 7) is 12.4. The topological polar surface area (TPSA) is 17.1 Å². The van der Waals surface area contributed by atoms with E-state index in [0.717, 1.165) is 25.2 Å². The number of ketones is 1. The Kier molecular flexibility index (Phi) is 11.4. The van der Waals surface area contributed by atoms with E-state index >= 15 is 0 Å². The molecule has 1 rings (SSSR count).